The number of benzene rings is 1. The molecule has 0 radical (unpaired) electrons. The predicted octanol–water partition coefficient (Wildman–Crippen LogP) is 2.50. The molecule has 0 fully saturated rings. The fourth-order valence-electron chi connectivity index (χ4n) is 1.78. The van der Waals surface area contributed by atoms with Gasteiger partial charge in [-0.2, -0.15) is 0 Å². The van der Waals surface area contributed by atoms with Crippen LogP contribution in [0, 0.1) is 5.41 Å². The number of carbonyl (C=O) groups is 3. The lowest BCUT2D eigenvalue weighted by molar-refractivity contribution is -0.128. The zero-order valence-electron chi connectivity index (χ0n) is 15.2. The van der Waals surface area contributed by atoms with E-state index >= 15 is 0 Å². The van der Waals surface area contributed by atoms with Gasteiger partial charge in [0.1, 0.15) is 5.75 Å². The SMILES string of the molecule is CCOC(=O)Oc1ccc(C(=O)NCCCNC(=O)C(C)(C)C)cc1. The lowest BCUT2D eigenvalue weighted by Gasteiger charge is -2.17. The second-order valence-corrected chi connectivity index (χ2v) is 6.42. The third kappa shape index (κ3) is 7.69. The molecule has 7 heteroatoms. The number of nitrogens with one attached hydrogen (secondary N) is 2. The molecule has 0 unspecified atom stereocenters. The van der Waals surface area contributed by atoms with E-state index in [0.29, 0.717) is 30.8 Å². The van der Waals surface area contributed by atoms with Gasteiger partial charge in [0.05, 0.1) is 6.61 Å². The average Bonchev–Trinajstić information content (AvgIpc) is 2.54. The van der Waals surface area contributed by atoms with Crippen molar-refractivity contribution in [3.63, 3.8) is 0 Å². The summed E-state index contributed by atoms with van der Waals surface area (Å²) in [4.78, 5) is 34.9. The second kappa shape index (κ2) is 9.66. The Morgan fingerprint density at radius 2 is 1.60 bits per heavy atom. The Labute approximate surface area is 148 Å². The third-order valence-corrected chi connectivity index (χ3v) is 3.19. The fourth-order valence-corrected chi connectivity index (χ4v) is 1.78. The van der Waals surface area contributed by atoms with Gasteiger partial charge >= 0.3 is 6.16 Å². The van der Waals surface area contributed by atoms with Crippen molar-refractivity contribution >= 4 is 18.0 Å². The molecule has 0 bridgehead atoms. The quantitative estimate of drug-likeness (QED) is 0.448. The van der Waals surface area contributed by atoms with Crippen LogP contribution in [0.15, 0.2) is 24.3 Å². The van der Waals surface area contributed by atoms with Gasteiger partial charge in [-0.1, -0.05) is 20.8 Å². The minimum absolute atomic E-state index is 0.0176. The molecule has 138 valence electrons. The van der Waals surface area contributed by atoms with Gasteiger partial charge in [-0.25, -0.2) is 4.79 Å². The van der Waals surface area contributed by atoms with Crippen molar-refractivity contribution in [3.05, 3.63) is 29.8 Å². The first-order chi connectivity index (χ1) is 11.7. The number of ether oxygens (including phenoxy) is 2. The molecule has 0 heterocycles. The molecule has 7 nitrogen and oxygen atoms in total. The van der Waals surface area contributed by atoms with E-state index in [1.54, 1.807) is 19.1 Å². The fraction of sp³-hybridized carbons (Fsp3) is 0.500. The molecule has 0 aromatic heterocycles. The van der Waals surface area contributed by atoms with Gasteiger partial charge in [0, 0.05) is 24.1 Å². The summed E-state index contributed by atoms with van der Waals surface area (Å²) in [5, 5.41) is 5.59. The summed E-state index contributed by atoms with van der Waals surface area (Å²) in [5.74, 6) is 0.0562. The average molecular weight is 350 g/mol. The van der Waals surface area contributed by atoms with Crippen molar-refractivity contribution in [1.29, 1.82) is 0 Å². The number of hydrogen-bond acceptors (Lipinski definition) is 5. The molecule has 2 N–H and O–H groups in total. The van der Waals surface area contributed by atoms with E-state index in [0.717, 1.165) is 0 Å². The van der Waals surface area contributed by atoms with Crippen molar-refractivity contribution in [1.82, 2.24) is 10.6 Å². The molecule has 1 aromatic rings. The van der Waals surface area contributed by atoms with Crippen LogP contribution in [-0.4, -0.2) is 37.7 Å². The Balaban J connectivity index is 2.33. The zero-order valence-corrected chi connectivity index (χ0v) is 15.2. The van der Waals surface area contributed by atoms with Crippen molar-refractivity contribution in [2.45, 2.75) is 34.1 Å². The molecular weight excluding hydrogens is 324 g/mol. The summed E-state index contributed by atoms with van der Waals surface area (Å²) in [7, 11) is 0. The normalized spacial score (nSPS) is 10.7. The molecule has 25 heavy (non-hydrogen) atoms. The van der Waals surface area contributed by atoms with Gasteiger partial charge in [0.2, 0.25) is 5.91 Å². The summed E-state index contributed by atoms with van der Waals surface area (Å²) in [6.07, 6.45) is -0.144. The summed E-state index contributed by atoms with van der Waals surface area (Å²) in [5.41, 5.74) is 0.0336. The molecule has 1 rings (SSSR count). The van der Waals surface area contributed by atoms with Crippen molar-refractivity contribution in [2.75, 3.05) is 19.7 Å². The minimum atomic E-state index is -0.781. The number of carbonyl (C=O) groups excluding carboxylic acids is 3. The van der Waals surface area contributed by atoms with Gasteiger partial charge in [-0.15, -0.1) is 0 Å². The minimum Gasteiger partial charge on any atom is -0.434 e. The van der Waals surface area contributed by atoms with Crippen LogP contribution in [0.2, 0.25) is 0 Å². The van der Waals surface area contributed by atoms with E-state index in [9.17, 15) is 14.4 Å². The first-order valence-corrected chi connectivity index (χ1v) is 8.25. The zero-order chi connectivity index (χ0) is 18.9. The predicted molar refractivity (Wildman–Crippen MR) is 93.5 cm³/mol. The Hall–Kier alpha value is -2.57. The number of hydrogen-bond donors (Lipinski definition) is 2. The van der Waals surface area contributed by atoms with Crippen LogP contribution >= 0.6 is 0 Å². The van der Waals surface area contributed by atoms with Gasteiger partial charge in [-0.05, 0) is 37.6 Å². The molecule has 0 saturated heterocycles. The van der Waals surface area contributed by atoms with Gasteiger partial charge in [0.15, 0.2) is 0 Å². The largest absolute Gasteiger partial charge is 0.513 e. The van der Waals surface area contributed by atoms with Crippen LogP contribution in [0.4, 0.5) is 4.79 Å². The lowest BCUT2D eigenvalue weighted by atomic mass is 9.96. The highest BCUT2D eigenvalue weighted by atomic mass is 16.7. The van der Waals surface area contributed by atoms with Crippen LogP contribution < -0.4 is 15.4 Å². The van der Waals surface area contributed by atoms with Crippen LogP contribution in [0.1, 0.15) is 44.5 Å². The summed E-state index contributed by atoms with van der Waals surface area (Å²) < 4.78 is 9.59. The maximum Gasteiger partial charge on any atom is 0.513 e. The van der Waals surface area contributed by atoms with Gasteiger partial charge in [0.25, 0.3) is 5.91 Å². The van der Waals surface area contributed by atoms with Crippen LogP contribution in [0.3, 0.4) is 0 Å². The lowest BCUT2D eigenvalue weighted by Crippen LogP contribution is -2.36. The van der Waals surface area contributed by atoms with Crippen LogP contribution in [0.5, 0.6) is 5.75 Å². The summed E-state index contributed by atoms with van der Waals surface area (Å²) in [6.45, 7) is 8.41. The molecule has 2 amide bonds. The smallest absolute Gasteiger partial charge is 0.434 e. The molecule has 0 aliphatic carbocycles. The van der Waals surface area contributed by atoms with E-state index < -0.39 is 11.6 Å². The maximum atomic E-state index is 12.0. The molecule has 0 aliphatic rings. The van der Waals surface area contributed by atoms with Crippen molar-refractivity contribution in [3.8, 4) is 5.75 Å². The monoisotopic (exact) mass is 350 g/mol. The van der Waals surface area contributed by atoms with E-state index in [2.05, 4.69) is 15.4 Å². The standard InChI is InChI=1S/C18H26N2O5/c1-5-24-17(23)25-14-9-7-13(8-10-14)15(21)19-11-6-12-20-16(22)18(2,3)4/h7-10H,5-6,11-12H2,1-4H3,(H,19,21)(H,20,22). The maximum absolute atomic E-state index is 12.0. The van der Waals surface area contributed by atoms with Crippen molar-refractivity contribution in [2.24, 2.45) is 5.41 Å². The second-order valence-electron chi connectivity index (χ2n) is 6.42. The molecule has 0 atom stereocenters. The van der Waals surface area contributed by atoms with E-state index in [1.165, 1.54) is 12.1 Å². The molecule has 0 aliphatic heterocycles. The highest BCUT2D eigenvalue weighted by molar-refractivity contribution is 5.94. The van der Waals surface area contributed by atoms with Crippen molar-refractivity contribution < 1.29 is 23.9 Å². The number of rotatable bonds is 7. The van der Waals surface area contributed by atoms with E-state index in [4.69, 9.17) is 4.74 Å². The first-order valence-electron chi connectivity index (χ1n) is 8.25. The topological polar surface area (TPSA) is 93.7 Å². The Morgan fingerprint density at radius 3 is 2.16 bits per heavy atom. The highest BCUT2D eigenvalue weighted by Crippen LogP contribution is 2.13. The summed E-state index contributed by atoms with van der Waals surface area (Å²) >= 11 is 0. The van der Waals surface area contributed by atoms with Gasteiger partial charge < -0.3 is 20.1 Å². The van der Waals surface area contributed by atoms with E-state index in [1.807, 2.05) is 20.8 Å². The van der Waals surface area contributed by atoms with Gasteiger partial charge in [-0.3, -0.25) is 9.59 Å². The first kappa shape index (κ1) is 20.5. The molecule has 0 saturated carbocycles. The summed E-state index contributed by atoms with van der Waals surface area (Å²) in [6, 6.07) is 6.17. The van der Waals surface area contributed by atoms with E-state index in [-0.39, 0.29) is 18.4 Å². The molecule has 1 aromatic carbocycles. The number of amides is 2. The highest BCUT2D eigenvalue weighted by Gasteiger charge is 2.20. The Kier molecular flexibility index (Phi) is 7.91. The molecule has 0 spiro atoms. The Bertz CT molecular complexity index is 590. The van der Waals surface area contributed by atoms with Crippen LogP contribution in [-0.2, 0) is 9.53 Å². The third-order valence-electron chi connectivity index (χ3n) is 3.19. The molecular formula is C18H26N2O5. The van der Waals surface area contributed by atoms with Crippen LogP contribution in [0.25, 0.3) is 0 Å². The Morgan fingerprint density at radius 1 is 1.00 bits per heavy atom.